The first-order chi connectivity index (χ1) is 14.5. The van der Waals surface area contributed by atoms with E-state index < -0.39 is 6.10 Å². The lowest BCUT2D eigenvalue weighted by Gasteiger charge is -2.36. The Labute approximate surface area is 175 Å². The molecule has 0 spiro atoms. The highest BCUT2D eigenvalue weighted by molar-refractivity contribution is 5.81. The fraction of sp³-hybridized carbons (Fsp3) is 0.381. The Hall–Kier alpha value is -3.49. The Morgan fingerprint density at radius 2 is 1.67 bits per heavy atom. The maximum absolute atomic E-state index is 12.8. The molecule has 1 atom stereocenters. The first kappa shape index (κ1) is 19.8. The second kappa shape index (κ2) is 8.48. The number of rotatable bonds is 5. The van der Waals surface area contributed by atoms with E-state index in [2.05, 4.69) is 31.2 Å². The van der Waals surface area contributed by atoms with Crippen LogP contribution >= 0.6 is 0 Å². The molecule has 3 heterocycles. The van der Waals surface area contributed by atoms with E-state index in [9.17, 15) is 4.79 Å². The lowest BCUT2D eigenvalue weighted by atomic mass is 10.1. The van der Waals surface area contributed by atoms with E-state index >= 15 is 0 Å². The number of amides is 1. The van der Waals surface area contributed by atoms with Crippen molar-refractivity contribution in [2.24, 2.45) is 0 Å². The number of anilines is 1. The molecule has 1 amide bonds. The van der Waals surface area contributed by atoms with Crippen LogP contribution in [-0.2, 0) is 4.79 Å². The average molecular weight is 407 g/mol. The quantitative estimate of drug-likeness (QED) is 0.637. The minimum atomic E-state index is -0.528. The van der Waals surface area contributed by atoms with Crippen molar-refractivity contribution in [3.05, 3.63) is 54.1 Å². The minimum Gasteiger partial charge on any atom is -0.481 e. The summed E-state index contributed by atoms with van der Waals surface area (Å²) in [6, 6.07) is 9.76. The Morgan fingerprint density at radius 3 is 2.27 bits per heavy atom. The largest absolute Gasteiger partial charge is 0.481 e. The van der Waals surface area contributed by atoms with E-state index in [1.807, 2.05) is 43.0 Å². The van der Waals surface area contributed by atoms with Crippen LogP contribution in [0.25, 0.3) is 5.82 Å². The normalized spacial score (nSPS) is 15.2. The Kier molecular flexibility index (Phi) is 5.60. The first-order valence-corrected chi connectivity index (χ1v) is 9.97. The lowest BCUT2D eigenvalue weighted by Crippen LogP contribution is -2.52. The number of ether oxygens (including phenoxy) is 1. The molecule has 2 aromatic heterocycles. The van der Waals surface area contributed by atoms with Gasteiger partial charge in [-0.1, -0.05) is 6.07 Å². The highest BCUT2D eigenvalue weighted by Crippen LogP contribution is 2.19. The molecule has 0 bridgehead atoms. The number of piperazine rings is 1. The zero-order valence-electron chi connectivity index (χ0n) is 17.4. The fourth-order valence-corrected chi connectivity index (χ4v) is 3.60. The van der Waals surface area contributed by atoms with Crippen molar-refractivity contribution in [1.29, 1.82) is 0 Å². The molecule has 1 aliphatic heterocycles. The fourth-order valence-electron chi connectivity index (χ4n) is 3.60. The molecule has 9 heteroatoms. The first-order valence-electron chi connectivity index (χ1n) is 9.97. The van der Waals surface area contributed by atoms with Crippen LogP contribution in [0.5, 0.6) is 5.75 Å². The molecular weight excluding hydrogens is 382 g/mol. The van der Waals surface area contributed by atoms with Crippen LogP contribution in [0.3, 0.4) is 0 Å². The molecule has 3 aromatic rings. The van der Waals surface area contributed by atoms with Crippen molar-refractivity contribution >= 4 is 11.7 Å². The van der Waals surface area contributed by atoms with Gasteiger partial charge in [-0.3, -0.25) is 4.79 Å². The van der Waals surface area contributed by atoms with Gasteiger partial charge in [-0.05, 0) is 56.2 Å². The molecular formula is C21H25N7O2. The molecule has 0 radical (unpaired) electrons. The summed E-state index contributed by atoms with van der Waals surface area (Å²) in [7, 11) is 0. The smallest absolute Gasteiger partial charge is 0.263 e. The zero-order valence-corrected chi connectivity index (χ0v) is 17.4. The van der Waals surface area contributed by atoms with E-state index in [4.69, 9.17) is 4.74 Å². The number of aromatic nitrogens is 5. The van der Waals surface area contributed by atoms with Crippen LogP contribution in [0.4, 0.5) is 5.82 Å². The number of carbonyl (C=O) groups is 1. The Morgan fingerprint density at radius 1 is 1.00 bits per heavy atom. The van der Waals surface area contributed by atoms with Crippen LogP contribution in [0.15, 0.2) is 43.0 Å². The van der Waals surface area contributed by atoms with Crippen molar-refractivity contribution < 1.29 is 9.53 Å². The molecule has 1 aromatic carbocycles. The van der Waals surface area contributed by atoms with Crippen molar-refractivity contribution in [3.63, 3.8) is 0 Å². The number of hydrogen-bond donors (Lipinski definition) is 0. The van der Waals surface area contributed by atoms with Crippen molar-refractivity contribution in [1.82, 2.24) is 29.9 Å². The second-order valence-electron chi connectivity index (χ2n) is 7.49. The Bertz CT molecular complexity index is 976. The average Bonchev–Trinajstić information content (AvgIpc) is 3.28. The van der Waals surface area contributed by atoms with Crippen molar-refractivity contribution in [2.75, 3.05) is 31.1 Å². The summed E-state index contributed by atoms with van der Waals surface area (Å²) in [5, 5.41) is 12.6. The van der Waals surface area contributed by atoms with Crippen LogP contribution in [-0.4, -0.2) is 68.1 Å². The van der Waals surface area contributed by atoms with E-state index in [0.717, 1.165) is 22.7 Å². The summed E-state index contributed by atoms with van der Waals surface area (Å²) in [4.78, 5) is 20.7. The maximum atomic E-state index is 12.8. The SMILES string of the molecule is Cc1cc(C)cc(OC(C)C(=O)N2CCN(c3ccc(-n4cncn4)nn3)CC2)c1. The molecule has 9 nitrogen and oxygen atoms in total. The van der Waals surface area contributed by atoms with Gasteiger partial charge in [-0.2, -0.15) is 5.10 Å². The number of hydrogen-bond acceptors (Lipinski definition) is 7. The van der Waals surface area contributed by atoms with Gasteiger partial charge in [-0.25, -0.2) is 9.67 Å². The van der Waals surface area contributed by atoms with Crippen LogP contribution in [0.2, 0.25) is 0 Å². The van der Waals surface area contributed by atoms with Crippen molar-refractivity contribution in [3.8, 4) is 11.6 Å². The van der Waals surface area contributed by atoms with Gasteiger partial charge in [0.2, 0.25) is 0 Å². The van der Waals surface area contributed by atoms with Gasteiger partial charge in [0.25, 0.3) is 5.91 Å². The van der Waals surface area contributed by atoms with E-state index in [-0.39, 0.29) is 5.91 Å². The lowest BCUT2D eigenvalue weighted by molar-refractivity contribution is -0.138. The molecule has 1 aliphatic rings. The molecule has 1 fully saturated rings. The van der Waals surface area contributed by atoms with Gasteiger partial charge in [0.15, 0.2) is 17.7 Å². The van der Waals surface area contributed by atoms with Gasteiger partial charge in [0.1, 0.15) is 18.4 Å². The summed E-state index contributed by atoms with van der Waals surface area (Å²) in [6.45, 7) is 8.47. The minimum absolute atomic E-state index is 0.00132. The highest BCUT2D eigenvalue weighted by Gasteiger charge is 2.26. The molecule has 156 valence electrons. The molecule has 1 unspecified atom stereocenters. The maximum Gasteiger partial charge on any atom is 0.263 e. The van der Waals surface area contributed by atoms with Crippen molar-refractivity contribution in [2.45, 2.75) is 26.9 Å². The van der Waals surface area contributed by atoms with E-state index in [0.29, 0.717) is 32.0 Å². The predicted molar refractivity (Wildman–Crippen MR) is 112 cm³/mol. The third-order valence-corrected chi connectivity index (χ3v) is 5.06. The third-order valence-electron chi connectivity index (χ3n) is 5.06. The molecule has 0 aliphatic carbocycles. The number of nitrogens with zero attached hydrogens (tertiary/aromatic N) is 7. The summed E-state index contributed by atoms with van der Waals surface area (Å²) in [6.07, 6.45) is 2.51. The third kappa shape index (κ3) is 4.40. The molecule has 30 heavy (non-hydrogen) atoms. The predicted octanol–water partition coefficient (Wildman–Crippen LogP) is 1.79. The second-order valence-corrected chi connectivity index (χ2v) is 7.49. The zero-order chi connectivity index (χ0) is 21.1. The Balaban J connectivity index is 1.32. The van der Waals surface area contributed by atoms with Crippen LogP contribution in [0.1, 0.15) is 18.1 Å². The number of benzene rings is 1. The topological polar surface area (TPSA) is 89.3 Å². The van der Waals surface area contributed by atoms with Gasteiger partial charge in [-0.15, -0.1) is 10.2 Å². The number of aryl methyl sites for hydroxylation is 2. The van der Waals surface area contributed by atoms with Gasteiger partial charge in [0, 0.05) is 26.2 Å². The molecule has 0 N–H and O–H groups in total. The summed E-state index contributed by atoms with van der Waals surface area (Å²) >= 11 is 0. The van der Waals surface area contributed by atoms with Crippen LogP contribution < -0.4 is 9.64 Å². The molecule has 0 saturated carbocycles. The monoisotopic (exact) mass is 407 g/mol. The summed E-state index contributed by atoms with van der Waals surface area (Å²) < 4.78 is 7.47. The van der Waals surface area contributed by atoms with Gasteiger partial charge < -0.3 is 14.5 Å². The van der Waals surface area contributed by atoms with Crippen LogP contribution in [0, 0.1) is 13.8 Å². The summed E-state index contributed by atoms with van der Waals surface area (Å²) in [5.74, 6) is 2.13. The molecule has 4 rings (SSSR count). The van der Waals surface area contributed by atoms with Gasteiger partial charge in [0.05, 0.1) is 0 Å². The molecule has 1 saturated heterocycles. The highest BCUT2D eigenvalue weighted by atomic mass is 16.5. The van der Waals surface area contributed by atoms with E-state index in [1.165, 1.54) is 6.33 Å². The standard InChI is InChI=1S/C21H25N7O2/c1-15-10-16(2)12-18(11-15)30-17(3)21(29)27-8-6-26(7-9-27)19-4-5-20(25-24-19)28-14-22-13-23-28/h4-5,10-14,17H,6-9H2,1-3H3. The number of carbonyl (C=O) groups excluding carboxylic acids is 1. The summed E-state index contributed by atoms with van der Waals surface area (Å²) in [5.41, 5.74) is 2.24. The van der Waals surface area contributed by atoms with E-state index in [1.54, 1.807) is 17.9 Å². The van der Waals surface area contributed by atoms with Gasteiger partial charge >= 0.3 is 0 Å².